The summed E-state index contributed by atoms with van der Waals surface area (Å²) >= 11 is 0. The van der Waals surface area contributed by atoms with Crippen LogP contribution in [-0.4, -0.2) is 25.3 Å². The highest BCUT2D eigenvalue weighted by molar-refractivity contribution is 5.25. The summed E-state index contributed by atoms with van der Waals surface area (Å²) in [5.74, 6) is 0. The van der Waals surface area contributed by atoms with E-state index in [9.17, 15) is 13.2 Å². The molecule has 1 aliphatic heterocycles. The molecule has 0 aliphatic carbocycles. The maximum atomic E-state index is 12.6. The lowest BCUT2D eigenvalue weighted by Crippen LogP contribution is -2.44. The summed E-state index contributed by atoms with van der Waals surface area (Å²) in [7, 11) is 0. The Bertz CT molecular complexity index is 424. The van der Waals surface area contributed by atoms with Gasteiger partial charge in [-0.25, -0.2) is 0 Å². The quantitative estimate of drug-likeness (QED) is 0.893. The summed E-state index contributed by atoms with van der Waals surface area (Å²) in [4.78, 5) is 0. The van der Waals surface area contributed by atoms with Crippen LogP contribution >= 0.6 is 0 Å². The Labute approximate surface area is 123 Å². The van der Waals surface area contributed by atoms with Crippen LogP contribution in [0.5, 0.6) is 0 Å². The number of alkyl halides is 3. The molecule has 1 heterocycles. The smallest absolute Gasteiger partial charge is 0.377 e. The van der Waals surface area contributed by atoms with E-state index in [1.165, 1.54) is 0 Å². The molecule has 1 aromatic rings. The predicted octanol–water partition coefficient (Wildman–Crippen LogP) is 3.80. The van der Waals surface area contributed by atoms with Crippen molar-refractivity contribution < 1.29 is 17.9 Å². The van der Waals surface area contributed by atoms with Crippen LogP contribution in [-0.2, 0) is 17.3 Å². The first-order chi connectivity index (χ1) is 10.0. The summed E-state index contributed by atoms with van der Waals surface area (Å²) in [6.07, 6.45) is -0.169. The molecular weight excluding hydrogens is 279 g/mol. The summed E-state index contributed by atoms with van der Waals surface area (Å²) < 4.78 is 43.5. The van der Waals surface area contributed by atoms with Crippen LogP contribution in [0.1, 0.15) is 37.3 Å². The van der Waals surface area contributed by atoms with Gasteiger partial charge in [-0.15, -0.1) is 0 Å². The van der Waals surface area contributed by atoms with Gasteiger partial charge in [0.1, 0.15) is 0 Å². The fourth-order valence-electron chi connectivity index (χ4n) is 2.76. The zero-order valence-corrected chi connectivity index (χ0v) is 12.2. The van der Waals surface area contributed by atoms with Crippen molar-refractivity contribution in [2.75, 3.05) is 13.2 Å². The van der Waals surface area contributed by atoms with Gasteiger partial charge in [-0.1, -0.05) is 19.1 Å². The molecule has 2 nitrogen and oxygen atoms in total. The Hall–Kier alpha value is -1.07. The summed E-state index contributed by atoms with van der Waals surface area (Å²) in [5, 5.41) is 3.40. The van der Waals surface area contributed by atoms with Gasteiger partial charge in [-0.2, -0.15) is 13.2 Å². The maximum absolute atomic E-state index is 12.6. The second-order valence-electron chi connectivity index (χ2n) is 5.47. The normalized spacial score (nSPS) is 21.2. The molecule has 0 saturated carbocycles. The number of hydrogen-bond donors (Lipinski definition) is 1. The lowest BCUT2D eigenvalue weighted by molar-refractivity contribution is -0.137. The minimum Gasteiger partial charge on any atom is -0.377 e. The SMILES string of the molecule is CCNC(Cc1ccc(C(F)(F)F)cc1)C1CCCCO1. The highest BCUT2D eigenvalue weighted by Crippen LogP contribution is 2.29. The van der Waals surface area contributed by atoms with Gasteiger partial charge >= 0.3 is 6.18 Å². The van der Waals surface area contributed by atoms with Gasteiger partial charge in [0.15, 0.2) is 0 Å². The standard InChI is InChI=1S/C16H22F3NO/c1-2-20-14(15-5-3-4-10-21-15)11-12-6-8-13(9-7-12)16(17,18)19/h6-9,14-15,20H,2-5,10-11H2,1H3. The van der Waals surface area contributed by atoms with Crippen molar-refractivity contribution >= 4 is 0 Å². The first-order valence-electron chi connectivity index (χ1n) is 7.52. The topological polar surface area (TPSA) is 21.3 Å². The van der Waals surface area contributed by atoms with Crippen LogP contribution in [0.25, 0.3) is 0 Å². The number of ether oxygens (including phenoxy) is 1. The van der Waals surface area contributed by atoms with Crippen molar-refractivity contribution in [1.29, 1.82) is 0 Å². The first kappa shape index (κ1) is 16.3. The highest BCUT2D eigenvalue weighted by atomic mass is 19.4. The number of halogens is 3. The molecule has 5 heteroatoms. The molecule has 1 aromatic carbocycles. The predicted molar refractivity (Wildman–Crippen MR) is 76.2 cm³/mol. The van der Waals surface area contributed by atoms with Crippen LogP contribution in [0.4, 0.5) is 13.2 Å². The highest BCUT2D eigenvalue weighted by Gasteiger charge is 2.30. The Balaban J connectivity index is 2.02. The van der Waals surface area contributed by atoms with Gasteiger partial charge in [-0.05, 0) is 49.9 Å². The van der Waals surface area contributed by atoms with Crippen molar-refractivity contribution in [3.63, 3.8) is 0 Å². The Morgan fingerprint density at radius 1 is 1.24 bits per heavy atom. The Morgan fingerprint density at radius 3 is 2.48 bits per heavy atom. The lowest BCUT2D eigenvalue weighted by Gasteiger charge is -2.31. The number of nitrogens with one attached hydrogen (secondary N) is 1. The van der Waals surface area contributed by atoms with E-state index in [2.05, 4.69) is 5.32 Å². The number of likely N-dealkylation sites (N-methyl/N-ethyl adjacent to an activating group) is 1. The Morgan fingerprint density at radius 2 is 1.95 bits per heavy atom. The molecule has 1 saturated heterocycles. The van der Waals surface area contributed by atoms with Crippen molar-refractivity contribution in [1.82, 2.24) is 5.32 Å². The van der Waals surface area contributed by atoms with Gasteiger partial charge in [-0.3, -0.25) is 0 Å². The van der Waals surface area contributed by atoms with E-state index in [0.29, 0.717) is 6.42 Å². The number of benzene rings is 1. The molecule has 1 aliphatic rings. The summed E-state index contributed by atoms with van der Waals surface area (Å²) in [6.45, 7) is 3.63. The van der Waals surface area contributed by atoms with E-state index in [4.69, 9.17) is 4.74 Å². The van der Waals surface area contributed by atoms with Crippen molar-refractivity contribution in [3.05, 3.63) is 35.4 Å². The second kappa shape index (κ2) is 7.27. The lowest BCUT2D eigenvalue weighted by atomic mass is 9.95. The number of rotatable bonds is 5. The third-order valence-corrected chi connectivity index (χ3v) is 3.87. The Kier molecular flexibility index (Phi) is 5.65. The molecule has 1 N–H and O–H groups in total. The van der Waals surface area contributed by atoms with Crippen LogP contribution in [0.15, 0.2) is 24.3 Å². The fraction of sp³-hybridized carbons (Fsp3) is 0.625. The molecule has 1 fully saturated rings. The molecular formula is C16H22F3NO. The zero-order chi connectivity index (χ0) is 15.3. The van der Waals surface area contributed by atoms with Gasteiger partial charge in [0.05, 0.1) is 11.7 Å². The third kappa shape index (κ3) is 4.71. The molecule has 0 amide bonds. The average molecular weight is 301 g/mol. The minimum absolute atomic E-state index is 0.154. The van der Waals surface area contributed by atoms with Crippen molar-refractivity contribution in [2.24, 2.45) is 0 Å². The van der Waals surface area contributed by atoms with Crippen LogP contribution in [0, 0.1) is 0 Å². The molecule has 0 bridgehead atoms. The summed E-state index contributed by atoms with van der Waals surface area (Å²) in [5.41, 5.74) is 0.309. The van der Waals surface area contributed by atoms with Crippen LogP contribution in [0.2, 0.25) is 0 Å². The maximum Gasteiger partial charge on any atom is 0.416 e. The summed E-state index contributed by atoms with van der Waals surface area (Å²) in [6, 6.07) is 5.60. The van der Waals surface area contributed by atoms with Crippen molar-refractivity contribution in [2.45, 2.75) is 50.9 Å². The minimum atomic E-state index is -4.27. The van der Waals surface area contributed by atoms with Crippen LogP contribution < -0.4 is 5.32 Å². The van der Waals surface area contributed by atoms with E-state index in [0.717, 1.165) is 50.1 Å². The molecule has 2 rings (SSSR count). The monoisotopic (exact) mass is 301 g/mol. The zero-order valence-electron chi connectivity index (χ0n) is 12.2. The first-order valence-corrected chi connectivity index (χ1v) is 7.52. The molecule has 0 spiro atoms. The van der Waals surface area contributed by atoms with Gasteiger partial charge in [0, 0.05) is 12.6 Å². The molecule has 0 aromatic heterocycles. The van der Waals surface area contributed by atoms with Crippen LogP contribution in [0.3, 0.4) is 0 Å². The van der Waals surface area contributed by atoms with E-state index in [1.807, 2.05) is 6.92 Å². The van der Waals surface area contributed by atoms with E-state index in [1.54, 1.807) is 12.1 Å². The largest absolute Gasteiger partial charge is 0.416 e. The molecule has 2 atom stereocenters. The molecule has 0 radical (unpaired) electrons. The third-order valence-electron chi connectivity index (χ3n) is 3.87. The van der Waals surface area contributed by atoms with Gasteiger partial charge < -0.3 is 10.1 Å². The molecule has 21 heavy (non-hydrogen) atoms. The molecule has 118 valence electrons. The van der Waals surface area contributed by atoms with Crippen molar-refractivity contribution in [3.8, 4) is 0 Å². The fourth-order valence-corrected chi connectivity index (χ4v) is 2.76. The number of hydrogen-bond acceptors (Lipinski definition) is 2. The van der Waals surface area contributed by atoms with E-state index in [-0.39, 0.29) is 12.1 Å². The van der Waals surface area contributed by atoms with E-state index >= 15 is 0 Å². The second-order valence-corrected chi connectivity index (χ2v) is 5.47. The van der Waals surface area contributed by atoms with E-state index < -0.39 is 11.7 Å². The average Bonchev–Trinajstić information content (AvgIpc) is 2.47. The van der Waals surface area contributed by atoms with Gasteiger partial charge in [0.2, 0.25) is 0 Å². The molecule has 2 unspecified atom stereocenters. The van der Waals surface area contributed by atoms with Gasteiger partial charge in [0.25, 0.3) is 0 Å².